The van der Waals surface area contributed by atoms with Crippen LogP contribution in [0.3, 0.4) is 0 Å². The fraction of sp³-hybridized carbons (Fsp3) is 0.684. The molecule has 1 aromatic carbocycles. The molecule has 7 heteroatoms. The van der Waals surface area contributed by atoms with E-state index in [0.29, 0.717) is 37.0 Å². The maximum Gasteiger partial charge on any atom is 0.203 e. The highest BCUT2D eigenvalue weighted by Crippen LogP contribution is 2.38. The first-order chi connectivity index (χ1) is 12.6. The number of nitrogens with zero attached hydrogens (tertiary/aromatic N) is 2. The number of rotatable bonds is 10. The zero-order valence-electron chi connectivity index (χ0n) is 16.4. The molecule has 1 heterocycles. The molecule has 0 aromatic heterocycles. The van der Waals surface area contributed by atoms with Crippen LogP contribution in [-0.4, -0.2) is 88.2 Å². The second-order valence-corrected chi connectivity index (χ2v) is 6.44. The summed E-state index contributed by atoms with van der Waals surface area (Å²) in [5, 5.41) is 10.2. The van der Waals surface area contributed by atoms with Gasteiger partial charge in [0.1, 0.15) is 0 Å². The Morgan fingerprint density at radius 3 is 2.04 bits per heavy atom. The molecule has 2 rings (SSSR count). The van der Waals surface area contributed by atoms with Gasteiger partial charge in [-0.1, -0.05) is 6.92 Å². The lowest BCUT2D eigenvalue weighted by Crippen LogP contribution is -2.48. The Morgan fingerprint density at radius 2 is 1.54 bits per heavy atom. The van der Waals surface area contributed by atoms with Gasteiger partial charge in [0, 0.05) is 32.7 Å². The number of likely N-dealkylation sites (N-methyl/N-ethyl adjacent to an activating group) is 1. The number of methoxy groups -OCH3 is 3. The third-order valence-corrected chi connectivity index (χ3v) is 4.68. The molecular weight excluding hydrogens is 336 g/mol. The molecule has 0 spiro atoms. The summed E-state index contributed by atoms with van der Waals surface area (Å²) >= 11 is 0. The van der Waals surface area contributed by atoms with Gasteiger partial charge in [-0.2, -0.15) is 0 Å². The molecule has 1 aliphatic rings. The van der Waals surface area contributed by atoms with Gasteiger partial charge in [-0.15, -0.1) is 0 Å². The fourth-order valence-electron chi connectivity index (χ4n) is 3.17. The first-order valence-corrected chi connectivity index (χ1v) is 9.10. The molecule has 1 N–H and O–H groups in total. The van der Waals surface area contributed by atoms with E-state index in [0.717, 1.165) is 38.3 Å². The summed E-state index contributed by atoms with van der Waals surface area (Å²) < 4.78 is 21.7. The fourth-order valence-corrected chi connectivity index (χ4v) is 3.17. The van der Waals surface area contributed by atoms with E-state index in [4.69, 9.17) is 18.9 Å². The van der Waals surface area contributed by atoms with Crippen LogP contribution in [0.25, 0.3) is 0 Å². The molecule has 0 radical (unpaired) electrons. The van der Waals surface area contributed by atoms with Crippen LogP contribution in [0.5, 0.6) is 17.2 Å². The Labute approximate surface area is 156 Å². The maximum atomic E-state index is 10.2. The lowest BCUT2D eigenvalue weighted by molar-refractivity contribution is 0.00170. The highest BCUT2D eigenvalue weighted by atomic mass is 16.5. The third kappa shape index (κ3) is 5.74. The minimum Gasteiger partial charge on any atom is -0.493 e. The SMILES string of the molecule is CCN1CCN(C[C@H](O)COCc2cc(OC)c(OC)c(OC)c2)CC1. The summed E-state index contributed by atoms with van der Waals surface area (Å²) in [4.78, 5) is 4.71. The number of benzene rings is 1. The highest BCUT2D eigenvalue weighted by molar-refractivity contribution is 5.53. The van der Waals surface area contributed by atoms with Crippen molar-refractivity contribution < 1.29 is 24.1 Å². The molecule has 1 aromatic rings. The number of hydrogen-bond donors (Lipinski definition) is 1. The van der Waals surface area contributed by atoms with E-state index in [1.807, 2.05) is 12.1 Å². The van der Waals surface area contributed by atoms with Crippen LogP contribution in [0.4, 0.5) is 0 Å². The van der Waals surface area contributed by atoms with E-state index in [9.17, 15) is 5.11 Å². The van der Waals surface area contributed by atoms with E-state index in [1.54, 1.807) is 21.3 Å². The van der Waals surface area contributed by atoms with E-state index < -0.39 is 6.10 Å². The average Bonchev–Trinajstić information content (AvgIpc) is 2.67. The van der Waals surface area contributed by atoms with E-state index in [2.05, 4.69) is 16.7 Å². The maximum absolute atomic E-state index is 10.2. The smallest absolute Gasteiger partial charge is 0.203 e. The van der Waals surface area contributed by atoms with Gasteiger partial charge in [0.25, 0.3) is 0 Å². The molecule has 1 aliphatic heterocycles. The van der Waals surface area contributed by atoms with Crippen LogP contribution in [0.15, 0.2) is 12.1 Å². The Morgan fingerprint density at radius 1 is 0.962 bits per heavy atom. The lowest BCUT2D eigenvalue weighted by atomic mass is 10.2. The molecular formula is C19H32N2O5. The quantitative estimate of drug-likeness (QED) is 0.666. The lowest BCUT2D eigenvalue weighted by Gasteiger charge is -2.34. The molecule has 1 atom stereocenters. The number of β-amino-alcohol motifs (C(OH)–C–C–N with tert-alkyl or cyclic N) is 1. The average molecular weight is 368 g/mol. The zero-order chi connectivity index (χ0) is 18.9. The van der Waals surface area contributed by atoms with Gasteiger partial charge in [0.15, 0.2) is 11.5 Å². The standard InChI is InChI=1S/C19H32N2O5/c1-5-20-6-8-21(9-7-20)12-16(22)14-26-13-15-10-17(23-2)19(25-4)18(11-15)24-3/h10-11,16,22H,5-9,12-14H2,1-4H3/t16-/m0/s1. The van der Waals surface area contributed by atoms with Crippen molar-refractivity contribution in [2.24, 2.45) is 0 Å². The molecule has 0 unspecified atom stereocenters. The first kappa shape index (κ1) is 20.8. The number of aliphatic hydroxyl groups excluding tert-OH is 1. The molecule has 1 saturated heterocycles. The van der Waals surface area contributed by atoms with Gasteiger partial charge in [-0.3, -0.25) is 4.90 Å². The summed E-state index contributed by atoms with van der Waals surface area (Å²) in [5.74, 6) is 1.75. The largest absolute Gasteiger partial charge is 0.493 e. The van der Waals surface area contributed by atoms with Gasteiger partial charge >= 0.3 is 0 Å². The van der Waals surface area contributed by atoms with Crippen molar-refractivity contribution in [3.8, 4) is 17.2 Å². The molecule has 0 saturated carbocycles. The van der Waals surface area contributed by atoms with Gasteiger partial charge in [0.05, 0.1) is 40.6 Å². The summed E-state index contributed by atoms with van der Waals surface area (Å²) in [6, 6.07) is 3.72. The molecule has 148 valence electrons. The second-order valence-electron chi connectivity index (χ2n) is 6.44. The number of ether oxygens (including phenoxy) is 4. The Balaban J connectivity index is 1.80. The summed E-state index contributed by atoms with van der Waals surface area (Å²) in [5.41, 5.74) is 0.906. The monoisotopic (exact) mass is 368 g/mol. The number of piperazine rings is 1. The number of aliphatic hydroxyl groups is 1. The van der Waals surface area contributed by atoms with Crippen LogP contribution >= 0.6 is 0 Å². The van der Waals surface area contributed by atoms with Crippen LogP contribution < -0.4 is 14.2 Å². The molecule has 26 heavy (non-hydrogen) atoms. The highest BCUT2D eigenvalue weighted by Gasteiger charge is 2.18. The predicted molar refractivity (Wildman–Crippen MR) is 100 cm³/mol. The Kier molecular flexibility index (Phi) is 8.44. The Hall–Kier alpha value is -1.54. The molecule has 7 nitrogen and oxygen atoms in total. The zero-order valence-corrected chi connectivity index (χ0v) is 16.4. The molecule has 0 bridgehead atoms. The molecule has 0 aliphatic carbocycles. The Bertz CT molecular complexity index is 522. The summed E-state index contributed by atoms with van der Waals surface area (Å²) in [7, 11) is 4.75. The van der Waals surface area contributed by atoms with Gasteiger partial charge in [0.2, 0.25) is 5.75 Å². The molecule has 0 amide bonds. The van der Waals surface area contributed by atoms with Crippen LogP contribution in [-0.2, 0) is 11.3 Å². The third-order valence-electron chi connectivity index (χ3n) is 4.68. The van der Waals surface area contributed by atoms with Crippen LogP contribution in [0.2, 0.25) is 0 Å². The minimum absolute atomic E-state index is 0.296. The summed E-state index contributed by atoms with van der Waals surface area (Å²) in [6.45, 7) is 8.71. The van der Waals surface area contributed by atoms with Crippen LogP contribution in [0, 0.1) is 0 Å². The second kappa shape index (κ2) is 10.6. The van der Waals surface area contributed by atoms with Crippen molar-refractivity contribution >= 4 is 0 Å². The van der Waals surface area contributed by atoms with Gasteiger partial charge in [-0.05, 0) is 24.2 Å². The number of hydrogen-bond acceptors (Lipinski definition) is 7. The predicted octanol–water partition coefficient (Wildman–Crippen LogP) is 1.23. The van der Waals surface area contributed by atoms with Crippen molar-refractivity contribution in [3.05, 3.63) is 17.7 Å². The first-order valence-electron chi connectivity index (χ1n) is 9.10. The van der Waals surface area contributed by atoms with Gasteiger partial charge < -0.3 is 29.0 Å². The van der Waals surface area contributed by atoms with Crippen molar-refractivity contribution in [1.82, 2.24) is 9.80 Å². The minimum atomic E-state index is -0.495. The van der Waals surface area contributed by atoms with E-state index in [1.165, 1.54) is 0 Å². The van der Waals surface area contributed by atoms with E-state index in [-0.39, 0.29) is 0 Å². The summed E-state index contributed by atoms with van der Waals surface area (Å²) in [6.07, 6.45) is -0.495. The topological polar surface area (TPSA) is 63.6 Å². The van der Waals surface area contributed by atoms with Gasteiger partial charge in [-0.25, -0.2) is 0 Å². The van der Waals surface area contributed by atoms with E-state index >= 15 is 0 Å². The van der Waals surface area contributed by atoms with Crippen molar-refractivity contribution in [3.63, 3.8) is 0 Å². The van der Waals surface area contributed by atoms with Crippen molar-refractivity contribution in [2.75, 3.05) is 67.2 Å². The van der Waals surface area contributed by atoms with Crippen molar-refractivity contribution in [1.29, 1.82) is 0 Å². The normalized spacial score (nSPS) is 17.1. The van der Waals surface area contributed by atoms with Crippen molar-refractivity contribution in [2.45, 2.75) is 19.6 Å². The molecule has 1 fully saturated rings. The van der Waals surface area contributed by atoms with Crippen LogP contribution in [0.1, 0.15) is 12.5 Å².